The minimum Gasteiger partial charge on any atom is -0.385 e. The van der Waals surface area contributed by atoms with Crippen molar-refractivity contribution in [3.05, 3.63) is 42.2 Å². The third-order valence-corrected chi connectivity index (χ3v) is 3.63. The van der Waals surface area contributed by atoms with Crippen molar-refractivity contribution in [3.63, 3.8) is 0 Å². The predicted molar refractivity (Wildman–Crippen MR) is 85.4 cm³/mol. The number of aryl methyl sites for hydroxylation is 1. The van der Waals surface area contributed by atoms with Crippen molar-refractivity contribution in [1.82, 2.24) is 9.78 Å². The van der Waals surface area contributed by atoms with Gasteiger partial charge in [0.25, 0.3) is 0 Å². The smallest absolute Gasteiger partial charge is 0.0492 e. The molecule has 0 aliphatic rings. The lowest BCUT2D eigenvalue weighted by Crippen LogP contribution is -2.21. The van der Waals surface area contributed by atoms with Gasteiger partial charge in [0.05, 0.1) is 0 Å². The third-order valence-electron chi connectivity index (χ3n) is 3.63. The van der Waals surface area contributed by atoms with E-state index in [1.807, 2.05) is 17.9 Å². The topological polar surface area (TPSA) is 33.1 Å². The van der Waals surface area contributed by atoms with E-state index in [1.54, 1.807) is 0 Å². The molecule has 0 atom stereocenters. The Morgan fingerprint density at radius 1 is 1.10 bits per heavy atom. The minimum absolute atomic E-state index is 0.921. The van der Waals surface area contributed by atoms with E-state index in [9.17, 15) is 0 Å². The number of hydrogen-bond acceptors (Lipinski definition) is 3. The van der Waals surface area contributed by atoms with Gasteiger partial charge in [0.2, 0.25) is 0 Å². The number of nitrogens with zero attached hydrogens (tertiary/aromatic N) is 3. The van der Waals surface area contributed by atoms with E-state index in [0.29, 0.717) is 0 Å². The predicted octanol–water partition coefficient (Wildman–Crippen LogP) is 2.92. The Morgan fingerprint density at radius 2 is 1.80 bits per heavy atom. The summed E-state index contributed by atoms with van der Waals surface area (Å²) in [5.74, 6) is 0. The molecule has 0 bridgehead atoms. The van der Waals surface area contributed by atoms with Gasteiger partial charge in [-0.2, -0.15) is 5.10 Å². The van der Waals surface area contributed by atoms with E-state index in [0.717, 1.165) is 26.1 Å². The standard InChI is InChI=1S/C16H24N4/c1-4-20(5-2)16-8-6-14(7-9-16)17-12-10-15-11-13-18-19(15)3/h6-9,11,13,17H,4-5,10,12H2,1-3H3. The highest BCUT2D eigenvalue weighted by Gasteiger charge is 2.02. The highest BCUT2D eigenvalue weighted by Crippen LogP contribution is 2.17. The molecule has 4 nitrogen and oxygen atoms in total. The first-order valence-corrected chi connectivity index (χ1v) is 7.30. The van der Waals surface area contributed by atoms with Crippen molar-refractivity contribution in [1.29, 1.82) is 0 Å². The van der Waals surface area contributed by atoms with E-state index in [-0.39, 0.29) is 0 Å². The number of aromatic nitrogens is 2. The molecule has 0 saturated heterocycles. The van der Waals surface area contributed by atoms with E-state index in [4.69, 9.17) is 0 Å². The van der Waals surface area contributed by atoms with Gasteiger partial charge in [-0.05, 0) is 44.2 Å². The second-order valence-corrected chi connectivity index (χ2v) is 4.84. The molecule has 0 aliphatic heterocycles. The molecule has 20 heavy (non-hydrogen) atoms. The minimum atomic E-state index is 0.921. The largest absolute Gasteiger partial charge is 0.385 e. The van der Waals surface area contributed by atoms with Gasteiger partial charge < -0.3 is 10.2 Å². The maximum atomic E-state index is 4.18. The van der Waals surface area contributed by atoms with E-state index in [1.165, 1.54) is 17.1 Å². The van der Waals surface area contributed by atoms with E-state index in [2.05, 4.69) is 59.5 Å². The fourth-order valence-corrected chi connectivity index (χ4v) is 2.36. The molecule has 0 aliphatic carbocycles. The first-order valence-electron chi connectivity index (χ1n) is 7.30. The summed E-state index contributed by atoms with van der Waals surface area (Å²) in [6, 6.07) is 10.7. The van der Waals surface area contributed by atoms with E-state index >= 15 is 0 Å². The summed E-state index contributed by atoms with van der Waals surface area (Å²) in [5, 5.41) is 7.63. The molecular formula is C16H24N4. The summed E-state index contributed by atoms with van der Waals surface area (Å²) in [4.78, 5) is 2.35. The fourth-order valence-electron chi connectivity index (χ4n) is 2.36. The third kappa shape index (κ3) is 3.53. The van der Waals surface area contributed by atoms with Crippen molar-refractivity contribution in [2.45, 2.75) is 20.3 Å². The molecule has 0 radical (unpaired) electrons. The molecule has 1 heterocycles. The van der Waals surface area contributed by atoms with Crippen molar-refractivity contribution in [2.24, 2.45) is 7.05 Å². The maximum absolute atomic E-state index is 4.18. The van der Waals surface area contributed by atoms with Crippen LogP contribution in [0.25, 0.3) is 0 Å². The number of benzene rings is 1. The first-order chi connectivity index (χ1) is 9.74. The first kappa shape index (κ1) is 14.4. The molecule has 1 aromatic carbocycles. The zero-order valence-electron chi connectivity index (χ0n) is 12.6. The molecule has 0 amide bonds. The van der Waals surface area contributed by atoms with Crippen LogP contribution in [-0.4, -0.2) is 29.4 Å². The van der Waals surface area contributed by atoms with Crippen molar-refractivity contribution in [3.8, 4) is 0 Å². The number of nitrogens with one attached hydrogen (secondary N) is 1. The Labute approximate surface area is 121 Å². The monoisotopic (exact) mass is 272 g/mol. The van der Waals surface area contributed by atoms with Crippen LogP contribution in [0.4, 0.5) is 11.4 Å². The average molecular weight is 272 g/mol. The summed E-state index contributed by atoms with van der Waals surface area (Å²) in [6.45, 7) is 7.38. The fraction of sp³-hybridized carbons (Fsp3) is 0.438. The van der Waals surface area contributed by atoms with Crippen LogP contribution in [-0.2, 0) is 13.5 Å². The van der Waals surface area contributed by atoms with Gasteiger partial charge in [0.1, 0.15) is 0 Å². The van der Waals surface area contributed by atoms with Crippen LogP contribution in [0.5, 0.6) is 0 Å². The summed E-state index contributed by atoms with van der Waals surface area (Å²) in [5.41, 5.74) is 3.70. The zero-order valence-corrected chi connectivity index (χ0v) is 12.6. The molecule has 0 fully saturated rings. The Morgan fingerprint density at radius 3 is 2.35 bits per heavy atom. The van der Waals surface area contributed by atoms with Gasteiger partial charge in [-0.3, -0.25) is 4.68 Å². The molecule has 1 aromatic heterocycles. The molecule has 108 valence electrons. The molecular weight excluding hydrogens is 248 g/mol. The maximum Gasteiger partial charge on any atom is 0.0492 e. The Bertz CT molecular complexity index is 512. The van der Waals surface area contributed by atoms with Gasteiger partial charge in [0.15, 0.2) is 0 Å². The Hall–Kier alpha value is -1.97. The van der Waals surface area contributed by atoms with Crippen LogP contribution in [0.15, 0.2) is 36.5 Å². The lowest BCUT2D eigenvalue weighted by atomic mass is 10.2. The molecule has 0 unspecified atom stereocenters. The van der Waals surface area contributed by atoms with Crippen molar-refractivity contribution in [2.75, 3.05) is 29.9 Å². The van der Waals surface area contributed by atoms with Crippen LogP contribution in [0, 0.1) is 0 Å². The molecule has 0 saturated carbocycles. The van der Waals surface area contributed by atoms with Crippen LogP contribution < -0.4 is 10.2 Å². The number of anilines is 2. The Kier molecular flexibility index (Phi) is 5.04. The van der Waals surface area contributed by atoms with Crippen molar-refractivity contribution >= 4 is 11.4 Å². The molecule has 2 rings (SSSR count). The normalized spacial score (nSPS) is 10.6. The summed E-state index contributed by atoms with van der Waals surface area (Å²) >= 11 is 0. The summed E-state index contributed by atoms with van der Waals surface area (Å²) in [7, 11) is 1.98. The lowest BCUT2D eigenvalue weighted by Gasteiger charge is -2.21. The second kappa shape index (κ2) is 6.98. The Balaban J connectivity index is 1.86. The molecule has 1 N–H and O–H groups in total. The van der Waals surface area contributed by atoms with E-state index < -0.39 is 0 Å². The van der Waals surface area contributed by atoms with Crippen LogP contribution in [0.3, 0.4) is 0 Å². The highest BCUT2D eigenvalue weighted by atomic mass is 15.3. The molecule has 2 aromatic rings. The highest BCUT2D eigenvalue weighted by molar-refractivity contribution is 5.55. The van der Waals surface area contributed by atoms with Crippen LogP contribution >= 0.6 is 0 Å². The van der Waals surface area contributed by atoms with Gasteiger partial charge in [-0.25, -0.2) is 0 Å². The lowest BCUT2D eigenvalue weighted by molar-refractivity contribution is 0.711. The van der Waals surface area contributed by atoms with Gasteiger partial charge in [-0.15, -0.1) is 0 Å². The molecule has 0 spiro atoms. The summed E-state index contributed by atoms with van der Waals surface area (Å²) in [6.07, 6.45) is 2.82. The number of hydrogen-bond donors (Lipinski definition) is 1. The van der Waals surface area contributed by atoms with Crippen LogP contribution in [0.1, 0.15) is 19.5 Å². The van der Waals surface area contributed by atoms with Gasteiger partial charge in [0, 0.05) is 56.4 Å². The quantitative estimate of drug-likeness (QED) is 0.841. The average Bonchev–Trinajstić information content (AvgIpc) is 2.87. The summed E-state index contributed by atoms with van der Waals surface area (Å²) < 4.78 is 1.92. The molecule has 4 heteroatoms. The van der Waals surface area contributed by atoms with Gasteiger partial charge in [-0.1, -0.05) is 0 Å². The van der Waals surface area contributed by atoms with Gasteiger partial charge >= 0.3 is 0 Å². The van der Waals surface area contributed by atoms with Crippen molar-refractivity contribution < 1.29 is 0 Å². The second-order valence-electron chi connectivity index (χ2n) is 4.84. The zero-order chi connectivity index (χ0) is 14.4. The van der Waals surface area contributed by atoms with Crippen LogP contribution in [0.2, 0.25) is 0 Å². The number of rotatable bonds is 7. The SMILES string of the molecule is CCN(CC)c1ccc(NCCc2ccnn2C)cc1.